The molecule has 2 aromatic heterocycles. The smallest absolute Gasteiger partial charge is 0.276 e. The molecule has 1 amide bonds. The molecule has 0 bridgehead atoms. The average Bonchev–Trinajstić information content (AvgIpc) is 2.82. The summed E-state index contributed by atoms with van der Waals surface area (Å²) in [6, 6.07) is 5.04. The van der Waals surface area contributed by atoms with Gasteiger partial charge in [-0.15, -0.1) is 0 Å². The summed E-state index contributed by atoms with van der Waals surface area (Å²) in [7, 11) is 0. The first kappa shape index (κ1) is 16.8. The van der Waals surface area contributed by atoms with Crippen molar-refractivity contribution < 1.29 is 4.79 Å². The van der Waals surface area contributed by atoms with Crippen molar-refractivity contribution >= 4 is 46.4 Å². The standard InChI is InChI=1S/C15H11Cl3N4O2/c1-6-9(4-7-2-3-8(16)5-10(7)17)15(24)22-14(20-6)11(13(19)23)12(18)21-22/h2-3,5,21H,4H2,1H3,(H2,19,23). The molecule has 0 spiro atoms. The summed E-state index contributed by atoms with van der Waals surface area (Å²) in [5.41, 5.74) is 6.61. The molecule has 3 aromatic rings. The van der Waals surface area contributed by atoms with Gasteiger partial charge in [-0.2, -0.15) is 4.52 Å². The number of halogens is 3. The molecule has 0 radical (unpaired) electrons. The van der Waals surface area contributed by atoms with E-state index in [-0.39, 0.29) is 28.3 Å². The van der Waals surface area contributed by atoms with Crippen molar-refractivity contribution in [1.82, 2.24) is 14.6 Å². The molecule has 9 heteroatoms. The van der Waals surface area contributed by atoms with E-state index >= 15 is 0 Å². The molecule has 1 aromatic carbocycles. The molecule has 0 atom stereocenters. The fourth-order valence-electron chi connectivity index (χ4n) is 2.46. The summed E-state index contributed by atoms with van der Waals surface area (Å²) in [6.07, 6.45) is 0.263. The highest BCUT2D eigenvalue weighted by Gasteiger charge is 2.21. The molecular weight excluding hydrogens is 375 g/mol. The molecule has 0 aliphatic heterocycles. The molecule has 6 nitrogen and oxygen atoms in total. The number of hydrogen-bond acceptors (Lipinski definition) is 3. The molecule has 3 rings (SSSR count). The van der Waals surface area contributed by atoms with Crippen LogP contribution in [0.25, 0.3) is 5.65 Å². The molecule has 0 saturated heterocycles. The van der Waals surface area contributed by atoms with Crippen LogP contribution >= 0.6 is 34.8 Å². The second-order valence-corrected chi connectivity index (χ2v) is 6.44. The lowest BCUT2D eigenvalue weighted by molar-refractivity contribution is 0.100. The van der Waals surface area contributed by atoms with E-state index in [4.69, 9.17) is 40.5 Å². The van der Waals surface area contributed by atoms with Crippen molar-refractivity contribution in [1.29, 1.82) is 0 Å². The zero-order valence-electron chi connectivity index (χ0n) is 12.4. The Kier molecular flexibility index (Phi) is 4.29. The highest BCUT2D eigenvalue weighted by Crippen LogP contribution is 2.24. The molecule has 24 heavy (non-hydrogen) atoms. The number of hydrogen-bond donors (Lipinski definition) is 2. The van der Waals surface area contributed by atoms with Crippen molar-refractivity contribution in [2.45, 2.75) is 13.3 Å². The Morgan fingerprint density at radius 3 is 2.67 bits per heavy atom. The molecular formula is C15H11Cl3N4O2. The summed E-state index contributed by atoms with van der Waals surface area (Å²) in [5.74, 6) is -0.765. The number of aromatic amines is 1. The lowest BCUT2D eigenvalue weighted by atomic mass is 10.0. The maximum atomic E-state index is 12.7. The second-order valence-electron chi connectivity index (χ2n) is 5.22. The van der Waals surface area contributed by atoms with Crippen molar-refractivity contribution in [3.63, 3.8) is 0 Å². The van der Waals surface area contributed by atoms with E-state index in [1.54, 1.807) is 25.1 Å². The van der Waals surface area contributed by atoms with Crippen molar-refractivity contribution in [2.24, 2.45) is 5.73 Å². The quantitative estimate of drug-likeness (QED) is 0.726. The number of aryl methyl sites for hydroxylation is 1. The summed E-state index contributed by atoms with van der Waals surface area (Å²) in [5, 5.41) is 3.53. The third-order valence-electron chi connectivity index (χ3n) is 3.67. The predicted molar refractivity (Wildman–Crippen MR) is 93.3 cm³/mol. The van der Waals surface area contributed by atoms with Crippen LogP contribution in [0.1, 0.15) is 27.2 Å². The van der Waals surface area contributed by atoms with Gasteiger partial charge in [0.1, 0.15) is 10.7 Å². The van der Waals surface area contributed by atoms with E-state index < -0.39 is 5.91 Å². The third-order valence-corrected chi connectivity index (χ3v) is 4.53. The number of nitrogens with two attached hydrogens (primary N) is 1. The second kappa shape index (κ2) is 6.12. The Bertz CT molecular complexity index is 1040. The number of rotatable bonds is 3. The van der Waals surface area contributed by atoms with Gasteiger partial charge in [0.25, 0.3) is 11.5 Å². The van der Waals surface area contributed by atoms with Gasteiger partial charge in [-0.25, -0.2) is 4.98 Å². The first-order valence-corrected chi connectivity index (χ1v) is 7.96. The van der Waals surface area contributed by atoms with E-state index in [9.17, 15) is 9.59 Å². The van der Waals surface area contributed by atoms with Gasteiger partial charge in [-0.05, 0) is 24.6 Å². The lowest BCUT2D eigenvalue weighted by Crippen LogP contribution is -2.23. The number of H-pyrrole nitrogens is 1. The summed E-state index contributed by atoms with van der Waals surface area (Å²) >= 11 is 18.0. The Balaban J connectivity index is 2.19. The van der Waals surface area contributed by atoms with Crippen LogP contribution in [-0.4, -0.2) is 20.5 Å². The number of carbonyl (C=O) groups excluding carboxylic acids is 1. The highest BCUT2D eigenvalue weighted by atomic mass is 35.5. The number of benzene rings is 1. The first-order valence-electron chi connectivity index (χ1n) is 6.83. The average molecular weight is 386 g/mol. The van der Waals surface area contributed by atoms with Crippen LogP contribution in [-0.2, 0) is 6.42 Å². The van der Waals surface area contributed by atoms with Crippen LogP contribution in [0.3, 0.4) is 0 Å². The molecule has 0 aliphatic carbocycles. The van der Waals surface area contributed by atoms with Gasteiger partial charge < -0.3 is 5.73 Å². The number of nitrogens with zero attached hydrogens (tertiary/aromatic N) is 2. The van der Waals surface area contributed by atoms with E-state index in [1.165, 1.54) is 0 Å². The Labute approximate surface area is 151 Å². The topological polar surface area (TPSA) is 93.2 Å². The molecule has 0 fully saturated rings. The third kappa shape index (κ3) is 2.77. The highest BCUT2D eigenvalue weighted by molar-refractivity contribution is 6.35. The fraction of sp³-hybridized carbons (Fsp3) is 0.133. The number of primary amides is 1. The maximum Gasteiger partial charge on any atom is 0.276 e. The SMILES string of the molecule is Cc1nc2c(C(N)=O)c(Cl)[nH]n2c(=O)c1Cc1ccc(Cl)cc1Cl. The minimum absolute atomic E-state index is 0.0204. The van der Waals surface area contributed by atoms with Gasteiger partial charge in [0.05, 0.1) is 0 Å². The molecule has 0 aliphatic rings. The largest absolute Gasteiger partial charge is 0.365 e. The zero-order chi connectivity index (χ0) is 17.6. The van der Waals surface area contributed by atoms with E-state index in [0.29, 0.717) is 21.3 Å². The molecule has 124 valence electrons. The number of nitrogens with one attached hydrogen (secondary N) is 1. The van der Waals surface area contributed by atoms with Gasteiger partial charge in [0.2, 0.25) is 0 Å². The van der Waals surface area contributed by atoms with Crippen molar-refractivity contribution in [3.05, 3.63) is 66.1 Å². The Morgan fingerprint density at radius 1 is 1.33 bits per heavy atom. The van der Waals surface area contributed by atoms with Gasteiger partial charge in [0, 0.05) is 27.7 Å². The predicted octanol–water partition coefficient (Wildman–Crippen LogP) is 2.98. The first-order chi connectivity index (χ1) is 11.3. The molecule has 2 heterocycles. The summed E-state index contributed by atoms with van der Waals surface area (Å²) in [6.45, 7) is 1.67. The molecule has 3 N–H and O–H groups in total. The summed E-state index contributed by atoms with van der Waals surface area (Å²) < 4.78 is 1.11. The number of fused-ring (bicyclic) bond motifs is 1. The number of amides is 1. The van der Waals surface area contributed by atoms with Gasteiger partial charge >= 0.3 is 0 Å². The van der Waals surface area contributed by atoms with Crippen molar-refractivity contribution in [3.8, 4) is 0 Å². The fourth-order valence-corrected chi connectivity index (χ4v) is 3.20. The lowest BCUT2D eigenvalue weighted by Gasteiger charge is -2.08. The van der Waals surface area contributed by atoms with Crippen LogP contribution in [0, 0.1) is 6.92 Å². The number of carbonyl (C=O) groups is 1. The van der Waals surface area contributed by atoms with Crippen LogP contribution in [0.15, 0.2) is 23.0 Å². The number of aromatic nitrogens is 3. The normalized spacial score (nSPS) is 11.2. The van der Waals surface area contributed by atoms with Crippen molar-refractivity contribution in [2.75, 3.05) is 0 Å². The minimum Gasteiger partial charge on any atom is -0.365 e. The van der Waals surface area contributed by atoms with Gasteiger partial charge in [-0.3, -0.25) is 14.7 Å². The van der Waals surface area contributed by atoms with Crippen LogP contribution < -0.4 is 11.3 Å². The monoisotopic (exact) mass is 384 g/mol. The van der Waals surface area contributed by atoms with Gasteiger partial charge in [-0.1, -0.05) is 40.9 Å². The van der Waals surface area contributed by atoms with E-state index in [0.717, 1.165) is 10.1 Å². The minimum atomic E-state index is -0.765. The van der Waals surface area contributed by atoms with Crippen LogP contribution in [0.4, 0.5) is 0 Å². The van der Waals surface area contributed by atoms with E-state index in [2.05, 4.69) is 10.1 Å². The van der Waals surface area contributed by atoms with Crippen LogP contribution in [0.2, 0.25) is 15.2 Å². The maximum absolute atomic E-state index is 12.7. The Morgan fingerprint density at radius 2 is 2.04 bits per heavy atom. The molecule has 0 unspecified atom stereocenters. The Hall–Kier alpha value is -2.02. The van der Waals surface area contributed by atoms with Gasteiger partial charge in [0.15, 0.2) is 5.65 Å². The summed E-state index contributed by atoms with van der Waals surface area (Å²) in [4.78, 5) is 28.5. The molecule has 0 saturated carbocycles. The van der Waals surface area contributed by atoms with E-state index in [1.807, 2.05) is 0 Å². The zero-order valence-corrected chi connectivity index (χ0v) is 14.6. The van der Waals surface area contributed by atoms with Crippen LogP contribution in [0.5, 0.6) is 0 Å².